The molecule has 4 heteroatoms. The lowest BCUT2D eigenvalue weighted by atomic mass is 9.85. The molecular weight excluding hydrogens is 222 g/mol. The molecule has 1 aromatic carbocycles. The molecule has 0 amide bonds. The molecule has 0 aliphatic heterocycles. The molecule has 0 atom stereocenters. The minimum atomic E-state index is 0.601. The Morgan fingerprint density at radius 3 is 2.94 bits per heavy atom. The van der Waals surface area contributed by atoms with Gasteiger partial charge in [0.2, 0.25) is 5.95 Å². The van der Waals surface area contributed by atoms with E-state index in [1.165, 1.54) is 19.3 Å². The Morgan fingerprint density at radius 1 is 1.44 bits per heavy atom. The van der Waals surface area contributed by atoms with Gasteiger partial charge in [-0.3, -0.25) is 0 Å². The zero-order valence-electron chi connectivity index (χ0n) is 8.99. The lowest BCUT2D eigenvalue weighted by Gasteiger charge is -2.26. The van der Waals surface area contributed by atoms with E-state index in [2.05, 4.69) is 9.55 Å². The van der Waals surface area contributed by atoms with Gasteiger partial charge in [-0.2, -0.15) is 0 Å². The van der Waals surface area contributed by atoms with Crippen molar-refractivity contribution < 1.29 is 0 Å². The number of hydrogen-bond acceptors (Lipinski definition) is 2. The van der Waals surface area contributed by atoms with E-state index in [9.17, 15) is 0 Å². The quantitative estimate of drug-likeness (QED) is 0.870. The maximum Gasteiger partial charge on any atom is 0.201 e. The van der Waals surface area contributed by atoms with E-state index in [0.717, 1.165) is 23.5 Å². The number of halogens is 1. The van der Waals surface area contributed by atoms with Crippen molar-refractivity contribution in [1.29, 1.82) is 0 Å². The molecule has 84 valence electrons. The van der Waals surface area contributed by atoms with Crippen LogP contribution in [-0.2, 0) is 6.54 Å². The molecular formula is C12H14ClN3. The van der Waals surface area contributed by atoms with Crippen molar-refractivity contribution in [3.05, 3.63) is 23.2 Å². The topological polar surface area (TPSA) is 43.8 Å². The summed E-state index contributed by atoms with van der Waals surface area (Å²) < 4.78 is 2.11. The van der Waals surface area contributed by atoms with Gasteiger partial charge in [-0.25, -0.2) is 4.98 Å². The Bertz CT molecular complexity index is 528. The summed E-state index contributed by atoms with van der Waals surface area (Å²) >= 11 is 5.93. The Hall–Kier alpha value is -1.22. The van der Waals surface area contributed by atoms with Gasteiger partial charge < -0.3 is 10.3 Å². The molecule has 0 radical (unpaired) electrons. The van der Waals surface area contributed by atoms with E-state index in [4.69, 9.17) is 17.3 Å². The summed E-state index contributed by atoms with van der Waals surface area (Å²) in [6.45, 7) is 0.990. The highest BCUT2D eigenvalue weighted by atomic mass is 35.5. The number of rotatable bonds is 2. The summed E-state index contributed by atoms with van der Waals surface area (Å²) in [7, 11) is 0. The first kappa shape index (κ1) is 9.97. The van der Waals surface area contributed by atoms with Crippen LogP contribution in [0.2, 0.25) is 5.02 Å². The molecule has 0 unspecified atom stereocenters. The second-order valence-corrected chi connectivity index (χ2v) is 4.95. The highest BCUT2D eigenvalue weighted by Gasteiger charge is 2.20. The van der Waals surface area contributed by atoms with Gasteiger partial charge in [-0.15, -0.1) is 0 Å². The fourth-order valence-electron chi connectivity index (χ4n) is 2.25. The van der Waals surface area contributed by atoms with Crippen LogP contribution in [0.25, 0.3) is 11.0 Å². The Labute approximate surface area is 99.2 Å². The molecule has 1 saturated carbocycles. The molecule has 1 heterocycles. The summed E-state index contributed by atoms with van der Waals surface area (Å²) in [5.74, 6) is 1.37. The van der Waals surface area contributed by atoms with Crippen molar-refractivity contribution in [3.8, 4) is 0 Å². The maximum atomic E-state index is 5.94. The standard InChI is InChI=1S/C12H14ClN3/c13-9-4-5-11-10(6-9)15-12(14)16(11)7-8-2-1-3-8/h4-6,8H,1-3,7H2,(H2,14,15). The maximum absolute atomic E-state index is 5.94. The Balaban J connectivity index is 2.04. The number of nitrogens with zero attached hydrogens (tertiary/aromatic N) is 2. The summed E-state index contributed by atoms with van der Waals surface area (Å²) in [6, 6.07) is 5.76. The number of anilines is 1. The zero-order chi connectivity index (χ0) is 11.1. The van der Waals surface area contributed by atoms with Crippen molar-refractivity contribution in [2.75, 3.05) is 5.73 Å². The first-order chi connectivity index (χ1) is 7.74. The number of imidazole rings is 1. The number of hydrogen-bond donors (Lipinski definition) is 1. The molecule has 2 aromatic rings. The second-order valence-electron chi connectivity index (χ2n) is 4.51. The van der Waals surface area contributed by atoms with Gasteiger partial charge in [0.15, 0.2) is 0 Å². The molecule has 0 bridgehead atoms. The Kier molecular flexibility index (Phi) is 2.28. The smallest absolute Gasteiger partial charge is 0.201 e. The van der Waals surface area contributed by atoms with Crippen molar-refractivity contribution >= 4 is 28.6 Å². The lowest BCUT2D eigenvalue weighted by molar-refractivity contribution is 0.281. The van der Waals surface area contributed by atoms with Crippen LogP contribution in [0, 0.1) is 5.92 Å². The third-order valence-electron chi connectivity index (χ3n) is 3.41. The number of benzene rings is 1. The van der Waals surface area contributed by atoms with Gasteiger partial charge in [0.1, 0.15) is 0 Å². The van der Waals surface area contributed by atoms with Crippen LogP contribution in [0.3, 0.4) is 0 Å². The Morgan fingerprint density at radius 2 is 2.25 bits per heavy atom. The fourth-order valence-corrected chi connectivity index (χ4v) is 2.41. The molecule has 0 saturated heterocycles. The number of nitrogens with two attached hydrogens (primary N) is 1. The predicted octanol–water partition coefficient (Wildman–Crippen LogP) is 3.07. The van der Waals surface area contributed by atoms with Crippen LogP contribution in [0.5, 0.6) is 0 Å². The fraction of sp³-hybridized carbons (Fsp3) is 0.417. The van der Waals surface area contributed by atoms with Gasteiger partial charge in [0.05, 0.1) is 11.0 Å². The van der Waals surface area contributed by atoms with Crippen LogP contribution >= 0.6 is 11.6 Å². The van der Waals surface area contributed by atoms with Crippen LogP contribution in [-0.4, -0.2) is 9.55 Å². The first-order valence-corrected chi connectivity index (χ1v) is 6.03. The average Bonchev–Trinajstić information content (AvgIpc) is 2.47. The van der Waals surface area contributed by atoms with Gasteiger partial charge in [-0.1, -0.05) is 18.0 Å². The second kappa shape index (κ2) is 3.67. The van der Waals surface area contributed by atoms with E-state index in [-0.39, 0.29) is 0 Å². The summed E-state index contributed by atoms with van der Waals surface area (Å²) in [5.41, 5.74) is 7.92. The highest BCUT2D eigenvalue weighted by molar-refractivity contribution is 6.31. The van der Waals surface area contributed by atoms with Gasteiger partial charge >= 0.3 is 0 Å². The minimum absolute atomic E-state index is 0.601. The first-order valence-electron chi connectivity index (χ1n) is 5.65. The van der Waals surface area contributed by atoms with Crippen LogP contribution < -0.4 is 5.73 Å². The van der Waals surface area contributed by atoms with E-state index >= 15 is 0 Å². The zero-order valence-corrected chi connectivity index (χ0v) is 9.74. The number of nitrogen functional groups attached to an aromatic ring is 1. The van der Waals surface area contributed by atoms with Crippen LogP contribution in [0.1, 0.15) is 19.3 Å². The summed E-state index contributed by atoms with van der Waals surface area (Å²) in [4.78, 5) is 4.34. The van der Waals surface area contributed by atoms with Gasteiger partial charge in [0, 0.05) is 11.6 Å². The van der Waals surface area contributed by atoms with Gasteiger partial charge in [0.25, 0.3) is 0 Å². The van der Waals surface area contributed by atoms with Gasteiger partial charge in [-0.05, 0) is 37.0 Å². The molecule has 0 spiro atoms. The van der Waals surface area contributed by atoms with Crippen molar-refractivity contribution in [3.63, 3.8) is 0 Å². The molecule has 3 rings (SSSR count). The SMILES string of the molecule is Nc1nc2cc(Cl)ccc2n1CC1CCC1. The third-order valence-corrected chi connectivity index (χ3v) is 3.64. The van der Waals surface area contributed by atoms with E-state index in [1.54, 1.807) is 0 Å². The molecule has 1 aliphatic carbocycles. The van der Waals surface area contributed by atoms with Crippen molar-refractivity contribution in [2.24, 2.45) is 5.92 Å². The van der Waals surface area contributed by atoms with Crippen molar-refractivity contribution in [1.82, 2.24) is 9.55 Å². The molecule has 1 fully saturated rings. The largest absolute Gasteiger partial charge is 0.369 e. The third kappa shape index (κ3) is 1.55. The normalized spacial score (nSPS) is 16.6. The van der Waals surface area contributed by atoms with Crippen LogP contribution in [0.4, 0.5) is 5.95 Å². The number of fused-ring (bicyclic) bond motifs is 1. The predicted molar refractivity (Wildman–Crippen MR) is 66.5 cm³/mol. The van der Waals surface area contributed by atoms with E-state index < -0.39 is 0 Å². The van der Waals surface area contributed by atoms with Crippen molar-refractivity contribution in [2.45, 2.75) is 25.8 Å². The summed E-state index contributed by atoms with van der Waals surface area (Å²) in [5, 5.41) is 0.709. The molecule has 1 aromatic heterocycles. The molecule has 16 heavy (non-hydrogen) atoms. The minimum Gasteiger partial charge on any atom is -0.369 e. The molecule has 3 nitrogen and oxygen atoms in total. The highest BCUT2D eigenvalue weighted by Crippen LogP contribution is 2.30. The summed E-state index contributed by atoms with van der Waals surface area (Å²) in [6.07, 6.45) is 3.97. The molecule has 1 aliphatic rings. The average molecular weight is 236 g/mol. The molecule has 2 N–H and O–H groups in total. The van der Waals surface area contributed by atoms with Crippen LogP contribution in [0.15, 0.2) is 18.2 Å². The monoisotopic (exact) mass is 235 g/mol. The number of aromatic nitrogens is 2. The lowest BCUT2D eigenvalue weighted by Crippen LogP contribution is -2.19. The van der Waals surface area contributed by atoms with E-state index in [0.29, 0.717) is 11.0 Å². The van der Waals surface area contributed by atoms with E-state index in [1.807, 2.05) is 18.2 Å².